The van der Waals surface area contributed by atoms with Crippen LogP contribution in [0.15, 0.2) is 22.7 Å². The Kier molecular flexibility index (Phi) is 3.94. The molecule has 0 fully saturated rings. The molecule has 1 N–H and O–H groups in total. The van der Waals surface area contributed by atoms with E-state index in [2.05, 4.69) is 20.7 Å². The zero-order valence-electron chi connectivity index (χ0n) is 8.86. The fourth-order valence-corrected chi connectivity index (χ4v) is 2.04. The molecule has 0 bridgehead atoms. The van der Waals surface area contributed by atoms with Crippen molar-refractivity contribution in [3.8, 4) is 6.07 Å². The van der Waals surface area contributed by atoms with Crippen molar-refractivity contribution in [3.63, 3.8) is 0 Å². The SMILES string of the molecule is CC(C)S(=O)(=O)Nc1cc(Br)ccc1C#N. The summed E-state index contributed by atoms with van der Waals surface area (Å²) in [5, 5.41) is 8.30. The Bertz CT molecular complexity index is 532. The molecule has 86 valence electrons. The molecule has 0 saturated heterocycles. The summed E-state index contributed by atoms with van der Waals surface area (Å²) in [6.07, 6.45) is 0. The third kappa shape index (κ3) is 2.97. The lowest BCUT2D eigenvalue weighted by Gasteiger charge is -2.12. The number of nitriles is 1. The highest BCUT2D eigenvalue weighted by Gasteiger charge is 2.17. The summed E-state index contributed by atoms with van der Waals surface area (Å²) in [4.78, 5) is 0. The Morgan fingerprint density at radius 3 is 2.56 bits per heavy atom. The highest BCUT2D eigenvalue weighted by molar-refractivity contribution is 9.10. The van der Waals surface area contributed by atoms with E-state index in [1.807, 2.05) is 6.07 Å². The van der Waals surface area contributed by atoms with Gasteiger partial charge in [-0.25, -0.2) is 8.42 Å². The van der Waals surface area contributed by atoms with E-state index in [4.69, 9.17) is 5.26 Å². The van der Waals surface area contributed by atoms with Crippen LogP contribution in [0.4, 0.5) is 5.69 Å². The topological polar surface area (TPSA) is 70.0 Å². The molecule has 1 aromatic carbocycles. The van der Waals surface area contributed by atoms with Gasteiger partial charge in [0.1, 0.15) is 6.07 Å². The van der Waals surface area contributed by atoms with E-state index in [-0.39, 0.29) is 0 Å². The monoisotopic (exact) mass is 302 g/mol. The van der Waals surface area contributed by atoms with Crippen LogP contribution in [0.3, 0.4) is 0 Å². The Hall–Kier alpha value is -1.06. The Morgan fingerprint density at radius 2 is 2.06 bits per heavy atom. The van der Waals surface area contributed by atoms with Crippen LogP contribution in [0.1, 0.15) is 19.4 Å². The average Bonchev–Trinajstić information content (AvgIpc) is 2.17. The van der Waals surface area contributed by atoms with Gasteiger partial charge in [0.05, 0.1) is 16.5 Å². The molecule has 0 aromatic heterocycles. The molecule has 0 atom stereocenters. The molecule has 0 aliphatic carbocycles. The Balaban J connectivity index is 3.16. The summed E-state index contributed by atoms with van der Waals surface area (Å²) in [5.41, 5.74) is 0.595. The molecule has 0 aliphatic rings. The number of benzene rings is 1. The fourth-order valence-electron chi connectivity index (χ4n) is 0.970. The molecule has 0 aliphatic heterocycles. The van der Waals surface area contributed by atoms with Crippen molar-refractivity contribution >= 4 is 31.6 Å². The first kappa shape index (κ1) is 13.0. The van der Waals surface area contributed by atoms with Crippen molar-refractivity contribution in [1.82, 2.24) is 0 Å². The van der Waals surface area contributed by atoms with Crippen LogP contribution in [-0.2, 0) is 10.0 Å². The lowest BCUT2D eigenvalue weighted by molar-refractivity contribution is 0.593. The number of hydrogen-bond donors (Lipinski definition) is 1. The van der Waals surface area contributed by atoms with Crippen molar-refractivity contribution in [3.05, 3.63) is 28.2 Å². The third-order valence-electron chi connectivity index (χ3n) is 1.97. The van der Waals surface area contributed by atoms with Crippen molar-refractivity contribution in [2.24, 2.45) is 0 Å². The van der Waals surface area contributed by atoms with Gasteiger partial charge >= 0.3 is 0 Å². The van der Waals surface area contributed by atoms with Crippen molar-refractivity contribution in [2.75, 3.05) is 4.72 Å². The van der Waals surface area contributed by atoms with Crippen molar-refractivity contribution in [1.29, 1.82) is 5.26 Å². The lowest BCUT2D eigenvalue weighted by atomic mass is 10.2. The van der Waals surface area contributed by atoms with E-state index in [0.29, 0.717) is 15.7 Å². The zero-order valence-corrected chi connectivity index (χ0v) is 11.3. The highest BCUT2D eigenvalue weighted by Crippen LogP contribution is 2.22. The Morgan fingerprint density at radius 1 is 1.44 bits per heavy atom. The van der Waals surface area contributed by atoms with Crippen LogP contribution < -0.4 is 4.72 Å². The number of sulfonamides is 1. The minimum atomic E-state index is -3.42. The molecule has 0 radical (unpaired) electrons. The second kappa shape index (κ2) is 4.85. The average molecular weight is 303 g/mol. The number of halogens is 1. The van der Waals surface area contributed by atoms with Gasteiger partial charge in [0.25, 0.3) is 0 Å². The van der Waals surface area contributed by atoms with E-state index in [1.165, 1.54) is 0 Å². The smallest absolute Gasteiger partial charge is 0.235 e. The summed E-state index contributed by atoms with van der Waals surface area (Å²) in [6, 6.07) is 6.75. The maximum absolute atomic E-state index is 11.6. The third-order valence-corrected chi connectivity index (χ3v) is 4.21. The number of nitrogens with one attached hydrogen (secondary N) is 1. The second-order valence-electron chi connectivity index (χ2n) is 3.50. The number of hydrogen-bond acceptors (Lipinski definition) is 3. The highest BCUT2D eigenvalue weighted by atomic mass is 79.9. The molecule has 4 nitrogen and oxygen atoms in total. The van der Waals surface area contributed by atoms with E-state index in [9.17, 15) is 8.42 Å². The van der Waals surface area contributed by atoms with E-state index in [1.54, 1.807) is 32.0 Å². The summed E-state index contributed by atoms with van der Waals surface area (Å²) in [6.45, 7) is 3.15. The molecule has 0 saturated carbocycles. The van der Waals surface area contributed by atoms with Gasteiger partial charge in [-0.1, -0.05) is 15.9 Å². The molecule has 0 spiro atoms. The first-order chi connectivity index (χ1) is 7.36. The lowest BCUT2D eigenvalue weighted by Crippen LogP contribution is -2.22. The van der Waals surface area contributed by atoms with Crippen molar-refractivity contribution in [2.45, 2.75) is 19.1 Å². The predicted octanol–water partition coefficient (Wildman–Crippen LogP) is 2.47. The van der Waals surface area contributed by atoms with Gasteiger partial charge in [-0.05, 0) is 32.0 Å². The summed E-state index contributed by atoms with van der Waals surface area (Å²) >= 11 is 3.23. The number of rotatable bonds is 3. The quantitative estimate of drug-likeness (QED) is 0.932. The summed E-state index contributed by atoms with van der Waals surface area (Å²) < 4.78 is 26.4. The fraction of sp³-hybridized carbons (Fsp3) is 0.300. The summed E-state index contributed by atoms with van der Waals surface area (Å²) in [5.74, 6) is 0. The minimum Gasteiger partial charge on any atom is -0.282 e. The first-order valence-corrected chi connectivity index (χ1v) is 6.92. The molecule has 1 aromatic rings. The van der Waals surface area contributed by atoms with Gasteiger partial charge in [-0.3, -0.25) is 4.72 Å². The van der Waals surface area contributed by atoms with E-state index < -0.39 is 15.3 Å². The molecule has 0 unspecified atom stereocenters. The second-order valence-corrected chi connectivity index (χ2v) is 6.65. The van der Waals surface area contributed by atoms with Crippen LogP contribution >= 0.6 is 15.9 Å². The first-order valence-electron chi connectivity index (χ1n) is 4.58. The molecule has 0 heterocycles. The van der Waals surface area contributed by atoms with Gasteiger partial charge in [-0.15, -0.1) is 0 Å². The van der Waals surface area contributed by atoms with Gasteiger partial charge in [0.2, 0.25) is 10.0 Å². The molecule has 16 heavy (non-hydrogen) atoms. The largest absolute Gasteiger partial charge is 0.282 e. The molecule has 0 amide bonds. The number of nitrogens with zero attached hydrogens (tertiary/aromatic N) is 1. The minimum absolute atomic E-state index is 0.297. The molecular formula is C10H11BrN2O2S. The van der Waals surface area contributed by atoms with Crippen LogP contribution in [0, 0.1) is 11.3 Å². The van der Waals surface area contributed by atoms with Gasteiger partial charge in [0.15, 0.2) is 0 Å². The molecule has 6 heteroatoms. The van der Waals surface area contributed by atoms with Crippen LogP contribution in [0.5, 0.6) is 0 Å². The van der Waals surface area contributed by atoms with Crippen LogP contribution in [-0.4, -0.2) is 13.7 Å². The van der Waals surface area contributed by atoms with Crippen LogP contribution in [0.25, 0.3) is 0 Å². The zero-order chi connectivity index (χ0) is 12.3. The maximum atomic E-state index is 11.6. The van der Waals surface area contributed by atoms with E-state index >= 15 is 0 Å². The van der Waals surface area contributed by atoms with E-state index in [0.717, 1.165) is 0 Å². The standard InChI is InChI=1S/C10H11BrN2O2S/c1-7(2)16(14,15)13-10-5-9(11)4-3-8(10)6-12/h3-5,7,13H,1-2H3. The Labute approximate surface area is 103 Å². The normalized spacial score (nSPS) is 11.2. The maximum Gasteiger partial charge on any atom is 0.235 e. The molecule has 1 rings (SSSR count). The van der Waals surface area contributed by atoms with Crippen molar-refractivity contribution < 1.29 is 8.42 Å². The molecular weight excluding hydrogens is 292 g/mol. The van der Waals surface area contributed by atoms with Gasteiger partial charge in [-0.2, -0.15) is 5.26 Å². The number of anilines is 1. The van der Waals surface area contributed by atoms with Gasteiger partial charge in [0, 0.05) is 4.47 Å². The van der Waals surface area contributed by atoms with Gasteiger partial charge < -0.3 is 0 Å². The van der Waals surface area contributed by atoms with Crippen LogP contribution in [0.2, 0.25) is 0 Å². The summed E-state index contributed by atoms with van der Waals surface area (Å²) in [7, 11) is -3.42. The predicted molar refractivity (Wildman–Crippen MR) is 66.5 cm³/mol.